The Morgan fingerprint density at radius 2 is 1.93 bits per heavy atom. The highest BCUT2D eigenvalue weighted by Crippen LogP contribution is 2.40. The van der Waals surface area contributed by atoms with Crippen LogP contribution in [-0.2, 0) is 10.5 Å². The van der Waals surface area contributed by atoms with Gasteiger partial charge in [-0.15, -0.1) is 0 Å². The van der Waals surface area contributed by atoms with Gasteiger partial charge in [-0.3, -0.25) is 9.69 Å². The van der Waals surface area contributed by atoms with Crippen molar-refractivity contribution >= 4 is 23.3 Å². The van der Waals surface area contributed by atoms with E-state index in [0.717, 1.165) is 18.0 Å². The molecular formula is C22H28N4O4. The largest absolute Gasteiger partial charge is 0.497 e. The number of fused-ring (bicyclic) bond motifs is 1. The van der Waals surface area contributed by atoms with Crippen LogP contribution in [0.5, 0.6) is 5.75 Å². The first-order valence-electron chi connectivity index (χ1n) is 10.0. The van der Waals surface area contributed by atoms with Gasteiger partial charge >= 0.3 is 6.03 Å². The smallest absolute Gasteiger partial charge is 0.329 e. The Labute approximate surface area is 176 Å². The van der Waals surface area contributed by atoms with Crippen molar-refractivity contribution in [3.63, 3.8) is 0 Å². The van der Waals surface area contributed by atoms with Gasteiger partial charge in [-0.25, -0.2) is 4.79 Å². The number of amides is 3. The minimum absolute atomic E-state index is 0.299. The van der Waals surface area contributed by atoms with Gasteiger partial charge in [0.05, 0.1) is 18.5 Å². The summed E-state index contributed by atoms with van der Waals surface area (Å²) in [5, 5.41) is 17.3. The predicted molar refractivity (Wildman–Crippen MR) is 116 cm³/mol. The maximum Gasteiger partial charge on any atom is 0.329 e. The Hall–Kier alpha value is -3.10. The molecule has 1 heterocycles. The molecule has 3 N–H and O–H groups in total. The van der Waals surface area contributed by atoms with E-state index in [0.29, 0.717) is 35.8 Å². The molecule has 2 aromatic rings. The monoisotopic (exact) mass is 412 g/mol. The number of urea groups is 1. The van der Waals surface area contributed by atoms with E-state index < -0.39 is 17.7 Å². The number of para-hydroxylation sites is 1. The van der Waals surface area contributed by atoms with Crippen LogP contribution in [0.4, 0.5) is 16.2 Å². The van der Waals surface area contributed by atoms with Crippen LogP contribution < -0.4 is 20.3 Å². The van der Waals surface area contributed by atoms with E-state index in [2.05, 4.69) is 15.5 Å². The molecule has 30 heavy (non-hydrogen) atoms. The molecule has 0 bridgehead atoms. The van der Waals surface area contributed by atoms with E-state index in [-0.39, 0.29) is 0 Å². The predicted octanol–water partition coefficient (Wildman–Crippen LogP) is 2.35. The quantitative estimate of drug-likeness (QED) is 0.619. The molecule has 0 spiro atoms. The lowest BCUT2D eigenvalue weighted by Crippen LogP contribution is -2.63. The molecular weight excluding hydrogens is 384 g/mol. The Balaban J connectivity index is 2.00. The summed E-state index contributed by atoms with van der Waals surface area (Å²) in [7, 11) is 1.51. The van der Waals surface area contributed by atoms with Gasteiger partial charge in [-0.05, 0) is 31.3 Å². The molecule has 0 radical (unpaired) electrons. The van der Waals surface area contributed by atoms with Crippen LogP contribution in [0.2, 0.25) is 0 Å². The number of likely N-dealkylation sites (N-methyl/N-ethyl adjacent to an activating group) is 1. The van der Waals surface area contributed by atoms with Gasteiger partial charge < -0.3 is 25.4 Å². The number of hydrogen-bond donors (Lipinski definition) is 3. The molecule has 3 rings (SSSR count). The highest BCUT2D eigenvalue weighted by atomic mass is 16.5. The maximum atomic E-state index is 13.3. The van der Waals surface area contributed by atoms with Gasteiger partial charge in [-0.2, -0.15) is 0 Å². The summed E-state index contributed by atoms with van der Waals surface area (Å²) in [5.74, 6) is -0.164. The molecule has 1 aliphatic rings. The third-order valence-electron chi connectivity index (χ3n) is 5.31. The standard InChI is InChI=1S/C22H28N4O4/c1-4-25(5-2)14-13-23-20(27)22(29)18-11-6-7-12-19(18)24-21(28)26(22)16-9-8-10-17(15-16)30-3/h6-12,15,29H,4-5,13-14H2,1-3H3,(H,23,27)(H,24,28)/t22-/m0/s1. The van der Waals surface area contributed by atoms with Gasteiger partial charge in [0.1, 0.15) is 5.75 Å². The van der Waals surface area contributed by atoms with Crippen molar-refractivity contribution < 1.29 is 19.4 Å². The van der Waals surface area contributed by atoms with Gasteiger partial charge in [0, 0.05) is 24.7 Å². The number of nitrogens with one attached hydrogen (secondary N) is 2. The summed E-state index contributed by atoms with van der Waals surface area (Å²) in [6.07, 6.45) is 0. The van der Waals surface area contributed by atoms with Crippen molar-refractivity contribution in [2.24, 2.45) is 0 Å². The molecule has 0 unspecified atom stereocenters. The Morgan fingerprint density at radius 3 is 2.63 bits per heavy atom. The highest BCUT2D eigenvalue weighted by molar-refractivity contribution is 6.11. The minimum atomic E-state index is -2.21. The first kappa shape index (κ1) is 21.6. The lowest BCUT2D eigenvalue weighted by Gasteiger charge is -2.42. The fraction of sp³-hybridized carbons (Fsp3) is 0.364. The van der Waals surface area contributed by atoms with Crippen LogP contribution in [0.3, 0.4) is 0 Å². The van der Waals surface area contributed by atoms with Crippen molar-refractivity contribution in [3.05, 3.63) is 54.1 Å². The Bertz CT molecular complexity index is 916. The van der Waals surface area contributed by atoms with Gasteiger partial charge in [0.25, 0.3) is 11.6 Å². The molecule has 2 aromatic carbocycles. The molecule has 0 saturated carbocycles. The van der Waals surface area contributed by atoms with Crippen LogP contribution in [0.25, 0.3) is 0 Å². The summed E-state index contributed by atoms with van der Waals surface area (Å²) >= 11 is 0. The number of hydrogen-bond acceptors (Lipinski definition) is 5. The van der Waals surface area contributed by atoms with Crippen molar-refractivity contribution in [2.45, 2.75) is 19.6 Å². The van der Waals surface area contributed by atoms with Crippen molar-refractivity contribution in [1.29, 1.82) is 0 Å². The number of benzene rings is 2. The van der Waals surface area contributed by atoms with Crippen molar-refractivity contribution in [2.75, 3.05) is 43.5 Å². The SMILES string of the molecule is CCN(CC)CCNC(=O)[C@@]1(O)c2ccccc2NC(=O)N1c1cccc(OC)c1. The van der Waals surface area contributed by atoms with Crippen LogP contribution >= 0.6 is 0 Å². The second kappa shape index (κ2) is 9.15. The third-order valence-corrected chi connectivity index (χ3v) is 5.31. The van der Waals surface area contributed by atoms with Crippen LogP contribution in [-0.4, -0.2) is 55.2 Å². The number of nitrogens with zero attached hydrogens (tertiary/aromatic N) is 2. The molecule has 8 heteroatoms. The molecule has 160 valence electrons. The van der Waals surface area contributed by atoms with Gasteiger partial charge in [0.15, 0.2) is 0 Å². The third kappa shape index (κ3) is 3.96. The molecule has 0 fully saturated rings. The van der Waals surface area contributed by atoms with E-state index in [9.17, 15) is 14.7 Å². The average Bonchev–Trinajstić information content (AvgIpc) is 2.76. The van der Waals surface area contributed by atoms with E-state index in [1.807, 2.05) is 13.8 Å². The topological polar surface area (TPSA) is 94.1 Å². The number of aliphatic hydroxyl groups is 1. The molecule has 1 aliphatic heterocycles. The zero-order valence-corrected chi connectivity index (χ0v) is 17.5. The normalized spacial score (nSPS) is 18.0. The zero-order valence-electron chi connectivity index (χ0n) is 17.5. The number of carbonyl (C=O) groups excluding carboxylic acids is 2. The number of ether oxygens (including phenoxy) is 1. The molecule has 3 amide bonds. The summed E-state index contributed by atoms with van der Waals surface area (Å²) < 4.78 is 5.25. The van der Waals surface area contributed by atoms with Gasteiger partial charge in [0.2, 0.25) is 0 Å². The number of anilines is 2. The molecule has 0 saturated heterocycles. The number of methoxy groups -OCH3 is 1. The summed E-state index contributed by atoms with van der Waals surface area (Å²) in [6, 6.07) is 12.8. The Morgan fingerprint density at radius 1 is 1.20 bits per heavy atom. The number of carbonyl (C=O) groups is 2. The van der Waals surface area contributed by atoms with Gasteiger partial charge in [-0.1, -0.05) is 38.1 Å². The highest BCUT2D eigenvalue weighted by Gasteiger charge is 2.51. The van der Waals surface area contributed by atoms with Crippen LogP contribution in [0.15, 0.2) is 48.5 Å². The first-order chi connectivity index (χ1) is 14.4. The minimum Gasteiger partial charge on any atom is -0.497 e. The summed E-state index contributed by atoms with van der Waals surface area (Å²) in [4.78, 5) is 29.5. The number of rotatable bonds is 8. The van der Waals surface area contributed by atoms with E-state index in [1.54, 1.807) is 48.5 Å². The fourth-order valence-corrected chi connectivity index (χ4v) is 3.60. The lowest BCUT2D eigenvalue weighted by atomic mass is 9.94. The second-order valence-corrected chi connectivity index (χ2v) is 6.97. The van der Waals surface area contributed by atoms with Crippen LogP contribution in [0, 0.1) is 0 Å². The second-order valence-electron chi connectivity index (χ2n) is 6.97. The van der Waals surface area contributed by atoms with E-state index >= 15 is 0 Å². The molecule has 1 atom stereocenters. The Kier molecular flexibility index (Phi) is 6.59. The summed E-state index contributed by atoms with van der Waals surface area (Å²) in [6.45, 7) is 6.80. The molecule has 0 aliphatic carbocycles. The average molecular weight is 412 g/mol. The lowest BCUT2D eigenvalue weighted by molar-refractivity contribution is -0.140. The summed E-state index contributed by atoms with van der Waals surface area (Å²) in [5.41, 5.74) is -1.19. The fourth-order valence-electron chi connectivity index (χ4n) is 3.60. The zero-order chi connectivity index (χ0) is 21.7. The van der Waals surface area contributed by atoms with E-state index in [1.165, 1.54) is 7.11 Å². The molecule has 0 aromatic heterocycles. The van der Waals surface area contributed by atoms with Crippen molar-refractivity contribution in [1.82, 2.24) is 10.2 Å². The van der Waals surface area contributed by atoms with E-state index in [4.69, 9.17) is 4.74 Å². The maximum absolute atomic E-state index is 13.3. The molecule has 8 nitrogen and oxygen atoms in total. The van der Waals surface area contributed by atoms with Crippen molar-refractivity contribution in [3.8, 4) is 5.75 Å². The first-order valence-corrected chi connectivity index (χ1v) is 10.0. The van der Waals surface area contributed by atoms with Crippen LogP contribution in [0.1, 0.15) is 19.4 Å².